The van der Waals surface area contributed by atoms with Gasteiger partial charge in [0.25, 0.3) is 0 Å². The smallest absolute Gasteiger partial charge is 0.137 e. The molecule has 2 aromatic rings. The molecule has 0 fully saturated rings. The van der Waals surface area contributed by atoms with Crippen LogP contribution in [0.5, 0.6) is 17.2 Å². The van der Waals surface area contributed by atoms with E-state index in [9.17, 15) is 9.90 Å². The van der Waals surface area contributed by atoms with E-state index < -0.39 is 6.09 Å². The Hall–Kier alpha value is -2.69. The molecule has 0 aliphatic rings. The zero-order valence-electron chi connectivity index (χ0n) is 12.4. The van der Waals surface area contributed by atoms with Gasteiger partial charge >= 0.3 is 0 Å². The number of carbonyl (C=O) groups excluding carboxylic acids is 1. The first-order chi connectivity index (χ1) is 10.7. The third-order valence-corrected chi connectivity index (χ3v) is 3.07. The summed E-state index contributed by atoms with van der Waals surface area (Å²) in [6.45, 7) is 2.70. The quantitative estimate of drug-likeness (QED) is 0.788. The van der Waals surface area contributed by atoms with E-state index in [1.165, 1.54) is 4.90 Å². The normalized spacial score (nSPS) is 10.0. The number of amides is 1. The number of hydrogen-bond acceptors (Lipinski definition) is 4. The topological polar surface area (TPSA) is 61.8 Å². The Kier molecular flexibility index (Phi) is 5.65. The van der Waals surface area contributed by atoms with E-state index in [4.69, 9.17) is 9.47 Å². The fraction of sp³-hybridized carbons (Fsp3) is 0.235. The van der Waals surface area contributed by atoms with Crippen LogP contribution in [0.4, 0.5) is 4.79 Å². The number of hydrogen-bond donors (Lipinski definition) is 0. The van der Waals surface area contributed by atoms with Crippen LogP contribution in [0.25, 0.3) is 0 Å². The molecule has 22 heavy (non-hydrogen) atoms. The van der Waals surface area contributed by atoms with E-state index in [0.29, 0.717) is 18.0 Å². The molecule has 0 unspecified atom stereocenters. The second kappa shape index (κ2) is 7.93. The van der Waals surface area contributed by atoms with Crippen LogP contribution in [0.3, 0.4) is 0 Å². The van der Waals surface area contributed by atoms with E-state index in [1.54, 1.807) is 31.2 Å². The molecule has 5 heteroatoms. The Bertz CT molecular complexity index is 583. The number of ether oxygens (including phenoxy) is 2. The maximum Gasteiger partial charge on any atom is 0.137 e. The summed E-state index contributed by atoms with van der Waals surface area (Å²) >= 11 is 0. The minimum absolute atomic E-state index is 0.278. The van der Waals surface area contributed by atoms with Crippen LogP contribution in [0.1, 0.15) is 6.92 Å². The van der Waals surface area contributed by atoms with Crippen molar-refractivity contribution in [1.29, 1.82) is 0 Å². The second-order valence-electron chi connectivity index (χ2n) is 4.58. The summed E-state index contributed by atoms with van der Waals surface area (Å²) in [6, 6.07) is 16.7. The minimum Gasteiger partial charge on any atom is -0.530 e. The molecular formula is C17H18NO4-. The van der Waals surface area contributed by atoms with E-state index in [2.05, 4.69) is 0 Å². The SMILES string of the molecule is CCN(CCOc1ccc(Oc2ccccc2)cc1)C(=O)[O-]. The van der Waals surface area contributed by atoms with Gasteiger partial charge in [0, 0.05) is 6.54 Å². The van der Waals surface area contributed by atoms with Gasteiger partial charge < -0.3 is 24.3 Å². The highest BCUT2D eigenvalue weighted by Gasteiger charge is 2.02. The molecule has 0 saturated carbocycles. The molecule has 0 radical (unpaired) electrons. The maximum atomic E-state index is 10.7. The van der Waals surface area contributed by atoms with Gasteiger partial charge in [-0.3, -0.25) is 0 Å². The summed E-state index contributed by atoms with van der Waals surface area (Å²) in [5.74, 6) is 2.14. The van der Waals surface area contributed by atoms with Crippen molar-refractivity contribution in [3.8, 4) is 17.2 Å². The van der Waals surface area contributed by atoms with Crippen LogP contribution in [-0.4, -0.2) is 30.7 Å². The molecule has 0 spiro atoms. The molecule has 0 atom stereocenters. The summed E-state index contributed by atoms with van der Waals surface area (Å²) < 4.78 is 11.2. The highest BCUT2D eigenvalue weighted by molar-refractivity contribution is 5.62. The van der Waals surface area contributed by atoms with Crippen molar-refractivity contribution in [2.24, 2.45) is 0 Å². The number of nitrogens with zero attached hydrogens (tertiary/aromatic N) is 1. The van der Waals surface area contributed by atoms with E-state index >= 15 is 0 Å². The lowest BCUT2D eigenvalue weighted by molar-refractivity contribution is -0.265. The van der Waals surface area contributed by atoms with Gasteiger partial charge in [-0.1, -0.05) is 18.2 Å². The van der Waals surface area contributed by atoms with E-state index in [-0.39, 0.29) is 13.2 Å². The standard InChI is InChI=1S/C17H19NO4/c1-2-18(17(19)20)12-13-21-14-8-10-16(11-9-14)22-15-6-4-3-5-7-15/h3-11H,2,12-13H2,1H3,(H,19,20)/p-1. The number of carbonyl (C=O) groups is 1. The van der Waals surface area contributed by atoms with Gasteiger partial charge in [0.2, 0.25) is 0 Å². The number of carboxylic acid groups (broad SMARTS) is 1. The van der Waals surface area contributed by atoms with Crippen molar-refractivity contribution in [2.45, 2.75) is 6.92 Å². The van der Waals surface area contributed by atoms with Crippen molar-refractivity contribution in [2.75, 3.05) is 19.7 Å². The van der Waals surface area contributed by atoms with Gasteiger partial charge in [-0.25, -0.2) is 0 Å². The van der Waals surface area contributed by atoms with Gasteiger partial charge in [-0.2, -0.15) is 0 Å². The van der Waals surface area contributed by atoms with Crippen LogP contribution in [0.15, 0.2) is 54.6 Å². The van der Waals surface area contributed by atoms with Gasteiger partial charge in [-0.05, 0) is 43.3 Å². The van der Waals surface area contributed by atoms with Gasteiger partial charge in [0.15, 0.2) is 0 Å². The lowest BCUT2D eigenvalue weighted by Gasteiger charge is -2.23. The number of para-hydroxylation sites is 1. The number of benzene rings is 2. The van der Waals surface area contributed by atoms with Gasteiger partial charge in [0.05, 0.1) is 6.54 Å². The number of likely N-dealkylation sites (N-methyl/N-ethyl adjacent to an activating group) is 1. The van der Waals surface area contributed by atoms with Gasteiger partial charge in [-0.15, -0.1) is 0 Å². The highest BCUT2D eigenvalue weighted by atomic mass is 16.5. The fourth-order valence-corrected chi connectivity index (χ4v) is 1.88. The minimum atomic E-state index is -1.18. The third kappa shape index (κ3) is 4.70. The molecule has 0 aliphatic heterocycles. The Balaban J connectivity index is 1.83. The monoisotopic (exact) mass is 300 g/mol. The third-order valence-electron chi connectivity index (χ3n) is 3.07. The summed E-state index contributed by atoms with van der Waals surface area (Å²) in [4.78, 5) is 11.9. The predicted molar refractivity (Wildman–Crippen MR) is 81.1 cm³/mol. The van der Waals surface area contributed by atoms with E-state index in [1.807, 2.05) is 30.3 Å². The van der Waals surface area contributed by atoms with Crippen LogP contribution in [0.2, 0.25) is 0 Å². The van der Waals surface area contributed by atoms with E-state index in [0.717, 1.165) is 5.75 Å². The van der Waals surface area contributed by atoms with Crippen LogP contribution in [-0.2, 0) is 0 Å². The zero-order chi connectivity index (χ0) is 15.8. The highest BCUT2D eigenvalue weighted by Crippen LogP contribution is 2.23. The van der Waals surface area contributed by atoms with Crippen LogP contribution >= 0.6 is 0 Å². The zero-order valence-corrected chi connectivity index (χ0v) is 12.4. The van der Waals surface area contributed by atoms with Crippen molar-refractivity contribution >= 4 is 6.09 Å². The summed E-state index contributed by atoms with van der Waals surface area (Å²) in [6.07, 6.45) is -1.18. The fourth-order valence-electron chi connectivity index (χ4n) is 1.88. The average molecular weight is 300 g/mol. The molecule has 0 bridgehead atoms. The first-order valence-electron chi connectivity index (χ1n) is 7.10. The molecule has 116 valence electrons. The molecule has 0 saturated heterocycles. The first kappa shape index (κ1) is 15.7. The molecule has 1 amide bonds. The largest absolute Gasteiger partial charge is 0.530 e. The number of rotatable bonds is 7. The maximum absolute atomic E-state index is 10.7. The Morgan fingerprint density at radius 2 is 1.59 bits per heavy atom. The second-order valence-corrected chi connectivity index (χ2v) is 4.58. The summed E-state index contributed by atoms with van der Waals surface area (Å²) in [5.41, 5.74) is 0. The molecule has 0 aliphatic carbocycles. The van der Waals surface area contributed by atoms with Crippen LogP contribution in [0, 0.1) is 0 Å². The average Bonchev–Trinajstić information content (AvgIpc) is 2.54. The van der Waals surface area contributed by atoms with Crippen molar-refractivity contribution in [3.05, 3.63) is 54.6 Å². The molecule has 5 nitrogen and oxygen atoms in total. The Morgan fingerprint density at radius 1 is 1.00 bits per heavy atom. The van der Waals surface area contributed by atoms with Crippen molar-refractivity contribution < 1.29 is 19.4 Å². The lowest BCUT2D eigenvalue weighted by atomic mass is 10.3. The molecule has 0 N–H and O–H groups in total. The first-order valence-corrected chi connectivity index (χ1v) is 7.10. The van der Waals surface area contributed by atoms with Crippen molar-refractivity contribution in [1.82, 2.24) is 4.90 Å². The van der Waals surface area contributed by atoms with Crippen LogP contribution < -0.4 is 14.6 Å². The molecule has 0 heterocycles. The molecule has 0 aromatic heterocycles. The Morgan fingerprint density at radius 3 is 2.18 bits per heavy atom. The molecular weight excluding hydrogens is 282 g/mol. The predicted octanol–water partition coefficient (Wildman–Crippen LogP) is 2.52. The lowest BCUT2D eigenvalue weighted by Crippen LogP contribution is -2.43. The Labute approximate surface area is 129 Å². The van der Waals surface area contributed by atoms with Crippen molar-refractivity contribution in [3.63, 3.8) is 0 Å². The molecule has 2 aromatic carbocycles. The summed E-state index contributed by atoms with van der Waals surface area (Å²) in [5, 5.41) is 10.7. The molecule has 2 rings (SSSR count). The summed E-state index contributed by atoms with van der Waals surface area (Å²) in [7, 11) is 0. The van der Waals surface area contributed by atoms with Gasteiger partial charge in [0.1, 0.15) is 29.9 Å².